The summed E-state index contributed by atoms with van der Waals surface area (Å²) in [5.41, 5.74) is -1.30. The summed E-state index contributed by atoms with van der Waals surface area (Å²) in [6.45, 7) is 6.65. The Balaban J connectivity index is 2.40. The molecule has 8 nitrogen and oxygen atoms in total. The Kier molecular flexibility index (Phi) is 7.33. The van der Waals surface area contributed by atoms with Crippen molar-refractivity contribution in [3.63, 3.8) is 0 Å². The minimum atomic E-state index is -1.61. The highest BCUT2D eigenvalue weighted by molar-refractivity contribution is 6.06. The molecule has 2 aromatic carbocycles. The van der Waals surface area contributed by atoms with Gasteiger partial charge in [0.1, 0.15) is 12.1 Å². The monoisotopic (exact) mass is 481 g/mol. The number of esters is 3. The van der Waals surface area contributed by atoms with Crippen LogP contribution in [0.4, 0.5) is 0 Å². The summed E-state index contributed by atoms with van der Waals surface area (Å²) >= 11 is 0. The maximum Gasteiger partial charge on any atom is 0.329 e. The van der Waals surface area contributed by atoms with E-state index in [1.807, 2.05) is 0 Å². The lowest BCUT2D eigenvalue weighted by molar-refractivity contribution is -0.208. The van der Waals surface area contributed by atoms with E-state index in [0.717, 1.165) is 0 Å². The second kappa shape index (κ2) is 9.90. The summed E-state index contributed by atoms with van der Waals surface area (Å²) in [6, 6.07) is 15.6. The highest BCUT2D eigenvalue weighted by Gasteiger charge is 2.68. The largest absolute Gasteiger partial charge is 0.468 e. The molecule has 3 rings (SSSR count). The van der Waals surface area contributed by atoms with Crippen molar-refractivity contribution >= 4 is 23.8 Å². The van der Waals surface area contributed by atoms with Gasteiger partial charge in [-0.05, 0) is 5.41 Å². The zero-order chi connectivity index (χ0) is 26.0. The van der Waals surface area contributed by atoms with Gasteiger partial charge < -0.3 is 19.1 Å². The molecule has 1 unspecified atom stereocenters. The lowest BCUT2D eigenvalue weighted by Crippen LogP contribution is -2.76. The molecule has 0 radical (unpaired) electrons. The van der Waals surface area contributed by atoms with Crippen molar-refractivity contribution in [1.29, 1.82) is 0 Å². The first-order valence-corrected chi connectivity index (χ1v) is 11.3. The normalized spacial score (nSPS) is 18.8. The van der Waals surface area contributed by atoms with Crippen LogP contribution < -0.4 is 0 Å². The number of likely N-dealkylation sites (tertiary alicyclic amines) is 1. The molecular formula is C27H31NO7. The fourth-order valence-corrected chi connectivity index (χ4v) is 4.87. The molecule has 0 N–H and O–H groups in total. The second-order valence-corrected chi connectivity index (χ2v) is 9.54. The molecule has 2 aromatic rings. The van der Waals surface area contributed by atoms with E-state index in [2.05, 4.69) is 0 Å². The number of nitrogens with zero attached hydrogens (tertiary/aromatic N) is 1. The van der Waals surface area contributed by atoms with Gasteiger partial charge in [-0.25, -0.2) is 4.79 Å². The standard InChI is InChI=1S/C27H31NO7/c1-17(29)35-27(18-13-9-7-10-14-18,19-15-11-8-12-16-19)21-20(24(31)33-5)23(30)28(21)22(25(32)34-6)26(2,3)4/h7-16,20-22H,1-6H3/t20-,21+,22?/m1/s1. The van der Waals surface area contributed by atoms with Crippen molar-refractivity contribution in [2.24, 2.45) is 11.3 Å². The van der Waals surface area contributed by atoms with Gasteiger partial charge in [0.2, 0.25) is 5.91 Å². The Hall–Kier alpha value is -3.68. The molecule has 1 saturated heterocycles. The number of amides is 1. The molecule has 8 heteroatoms. The first-order chi connectivity index (χ1) is 16.5. The van der Waals surface area contributed by atoms with Crippen LogP contribution in [0.5, 0.6) is 0 Å². The van der Waals surface area contributed by atoms with Crippen LogP contribution in [0, 0.1) is 11.3 Å². The number of ether oxygens (including phenoxy) is 3. The zero-order valence-electron chi connectivity index (χ0n) is 20.8. The Morgan fingerprint density at radius 2 is 1.34 bits per heavy atom. The molecule has 186 valence electrons. The molecule has 1 aliphatic heterocycles. The SMILES string of the molecule is COC(=O)C(N1C(=O)[C@H](C(=O)OC)[C@H]1C(OC(C)=O)(c1ccccc1)c1ccccc1)C(C)(C)C. The predicted octanol–water partition coefficient (Wildman–Crippen LogP) is 3.08. The highest BCUT2D eigenvalue weighted by Crippen LogP contribution is 2.50. The Morgan fingerprint density at radius 1 is 0.857 bits per heavy atom. The van der Waals surface area contributed by atoms with E-state index in [1.54, 1.807) is 81.4 Å². The first-order valence-electron chi connectivity index (χ1n) is 11.3. The van der Waals surface area contributed by atoms with Crippen LogP contribution in [0.25, 0.3) is 0 Å². The number of carbonyl (C=O) groups is 4. The maximum absolute atomic E-state index is 13.6. The average molecular weight is 482 g/mol. The molecule has 1 amide bonds. The summed E-state index contributed by atoms with van der Waals surface area (Å²) in [5.74, 6) is -3.95. The van der Waals surface area contributed by atoms with Crippen molar-refractivity contribution in [2.75, 3.05) is 14.2 Å². The second-order valence-electron chi connectivity index (χ2n) is 9.54. The third-order valence-corrected chi connectivity index (χ3v) is 6.24. The zero-order valence-corrected chi connectivity index (χ0v) is 20.8. The topological polar surface area (TPSA) is 99.2 Å². The van der Waals surface area contributed by atoms with E-state index in [1.165, 1.54) is 26.0 Å². The number of methoxy groups -OCH3 is 2. The number of β-lactam (4-membered cyclic amide) rings is 1. The molecule has 35 heavy (non-hydrogen) atoms. The van der Waals surface area contributed by atoms with Gasteiger partial charge in [0.05, 0.1) is 14.2 Å². The smallest absolute Gasteiger partial charge is 0.329 e. The van der Waals surface area contributed by atoms with Crippen molar-refractivity contribution in [1.82, 2.24) is 4.90 Å². The van der Waals surface area contributed by atoms with Crippen LogP contribution in [0.1, 0.15) is 38.8 Å². The Morgan fingerprint density at radius 3 is 1.71 bits per heavy atom. The van der Waals surface area contributed by atoms with Crippen LogP contribution in [-0.4, -0.2) is 55.0 Å². The fraction of sp³-hybridized carbons (Fsp3) is 0.407. The Labute approximate surface area is 205 Å². The van der Waals surface area contributed by atoms with E-state index in [0.29, 0.717) is 11.1 Å². The summed E-state index contributed by atoms with van der Waals surface area (Å²) in [6.07, 6.45) is 0. The third kappa shape index (κ3) is 4.52. The molecule has 3 atom stereocenters. The van der Waals surface area contributed by atoms with Gasteiger partial charge in [0.25, 0.3) is 0 Å². The molecule has 0 spiro atoms. The van der Waals surface area contributed by atoms with Crippen molar-refractivity contribution < 1.29 is 33.4 Å². The van der Waals surface area contributed by atoms with Crippen molar-refractivity contribution in [3.05, 3.63) is 71.8 Å². The number of carbonyl (C=O) groups excluding carboxylic acids is 4. The van der Waals surface area contributed by atoms with Gasteiger partial charge in [-0.1, -0.05) is 81.4 Å². The maximum atomic E-state index is 13.6. The lowest BCUT2D eigenvalue weighted by atomic mass is 9.66. The average Bonchev–Trinajstić information content (AvgIpc) is 2.83. The van der Waals surface area contributed by atoms with Crippen molar-refractivity contribution in [3.8, 4) is 0 Å². The lowest BCUT2D eigenvalue weighted by Gasteiger charge is -2.58. The van der Waals surface area contributed by atoms with Crippen LogP contribution in [0.2, 0.25) is 0 Å². The summed E-state index contributed by atoms with van der Waals surface area (Å²) in [4.78, 5) is 53.4. The van der Waals surface area contributed by atoms with Crippen LogP contribution in [0.3, 0.4) is 0 Å². The van der Waals surface area contributed by atoms with Crippen LogP contribution in [0.15, 0.2) is 60.7 Å². The van der Waals surface area contributed by atoms with Gasteiger partial charge in [-0.3, -0.25) is 14.4 Å². The number of hydrogen-bond acceptors (Lipinski definition) is 7. The number of hydrogen-bond donors (Lipinski definition) is 0. The minimum Gasteiger partial charge on any atom is -0.468 e. The van der Waals surface area contributed by atoms with E-state index in [9.17, 15) is 19.2 Å². The quantitative estimate of drug-likeness (QED) is 0.259. The van der Waals surface area contributed by atoms with Crippen LogP contribution >= 0.6 is 0 Å². The summed E-state index contributed by atoms with van der Waals surface area (Å²) in [7, 11) is 2.43. The van der Waals surface area contributed by atoms with E-state index in [4.69, 9.17) is 14.2 Å². The minimum absolute atomic E-state index is 0.537. The van der Waals surface area contributed by atoms with E-state index in [-0.39, 0.29) is 0 Å². The highest BCUT2D eigenvalue weighted by atomic mass is 16.6. The van der Waals surface area contributed by atoms with Gasteiger partial charge in [-0.15, -0.1) is 0 Å². The predicted molar refractivity (Wildman–Crippen MR) is 127 cm³/mol. The number of rotatable bonds is 7. The van der Waals surface area contributed by atoms with Gasteiger partial charge in [0, 0.05) is 18.1 Å². The van der Waals surface area contributed by atoms with Crippen LogP contribution in [-0.2, 0) is 39.0 Å². The molecule has 0 aromatic heterocycles. The molecule has 1 fully saturated rings. The number of benzene rings is 2. The third-order valence-electron chi connectivity index (χ3n) is 6.24. The van der Waals surface area contributed by atoms with Gasteiger partial charge >= 0.3 is 17.9 Å². The molecule has 0 saturated carbocycles. The van der Waals surface area contributed by atoms with Gasteiger partial charge in [-0.2, -0.15) is 0 Å². The molecule has 0 aliphatic carbocycles. The first kappa shape index (κ1) is 25.9. The Bertz CT molecular complexity index is 1050. The molecule has 1 heterocycles. The molecule has 1 aliphatic rings. The van der Waals surface area contributed by atoms with E-state index >= 15 is 0 Å². The van der Waals surface area contributed by atoms with Crippen molar-refractivity contribution in [2.45, 2.75) is 45.4 Å². The molecular weight excluding hydrogens is 450 g/mol. The molecule has 0 bridgehead atoms. The fourth-order valence-electron chi connectivity index (χ4n) is 4.87. The van der Waals surface area contributed by atoms with Gasteiger partial charge in [0.15, 0.2) is 11.5 Å². The van der Waals surface area contributed by atoms with E-state index < -0.39 is 52.8 Å². The summed E-state index contributed by atoms with van der Waals surface area (Å²) < 4.78 is 16.1. The summed E-state index contributed by atoms with van der Waals surface area (Å²) in [5, 5.41) is 0.